The van der Waals surface area contributed by atoms with Crippen molar-refractivity contribution in [3.63, 3.8) is 0 Å². The maximum atomic E-state index is 12.2. The van der Waals surface area contributed by atoms with Gasteiger partial charge in [0.25, 0.3) is 0 Å². The maximum absolute atomic E-state index is 12.2. The lowest BCUT2D eigenvalue weighted by Gasteiger charge is -2.12. The summed E-state index contributed by atoms with van der Waals surface area (Å²) < 4.78 is 13.9. The molecule has 0 aliphatic heterocycles. The number of ether oxygens (including phenoxy) is 2. The molecule has 4 aromatic rings. The number of carbonyl (C=O) groups is 1. The minimum absolute atomic E-state index is 0.199. The van der Waals surface area contributed by atoms with Crippen molar-refractivity contribution in [1.29, 1.82) is 0 Å². The molecule has 2 amide bonds. The first-order chi connectivity index (χ1) is 19.0. The highest BCUT2D eigenvalue weighted by molar-refractivity contribution is 9.10. The third-order valence-electron chi connectivity index (χ3n) is 6.15. The van der Waals surface area contributed by atoms with Crippen LogP contribution in [0.3, 0.4) is 0 Å². The lowest BCUT2D eigenvalue weighted by Crippen LogP contribution is -2.29. The number of hydrogen-bond donors (Lipinski definition) is 2. The number of thioether (sulfide) groups is 1. The second-order valence-corrected chi connectivity index (χ2v) is 10.7. The number of methoxy groups -OCH3 is 2. The summed E-state index contributed by atoms with van der Waals surface area (Å²) in [5.74, 6) is 2.53. The fraction of sp³-hybridized carbons (Fsp3) is 0.267. The van der Waals surface area contributed by atoms with Crippen molar-refractivity contribution in [2.24, 2.45) is 0 Å². The van der Waals surface area contributed by atoms with Crippen LogP contribution in [0.4, 0.5) is 10.5 Å². The van der Waals surface area contributed by atoms with Crippen molar-refractivity contribution >= 4 is 39.4 Å². The summed E-state index contributed by atoms with van der Waals surface area (Å²) in [5.41, 5.74) is 4.90. The van der Waals surface area contributed by atoms with E-state index in [0.29, 0.717) is 6.54 Å². The van der Waals surface area contributed by atoms with Gasteiger partial charge in [0, 0.05) is 40.1 Å². The Balaban J connectivity index is 1.42. The molecule has 2 N–H and O–H groups in total. The van der Waals surface area contributed by atoms with Gasteiger partial charge in [0.05, 0.1) is 25.6 Å². The van der Waals surface area contributed by atoms with Crippen LogP contribution in [0.5, 0.6) is 11.5 Å². The van der Waals surface area contributed by atoms with Gasteiger partial charge in [-0.3, -0.25) is 0 Å². The van der Waals surface area contributed by atoms with Gasteiger partial charge in [0.15, 0.2) is 5.16 Å². The molecule has 4 rings (SSSR count). The van der Waals surface area contributed by atoms with E-state index >= 15 is 0 Å². The first kappa shape index (κ1) is 28.6. The average molecular weight is 610 g/mol. The van der Waals surface area contributed by atoms with E-state index in [-0.39, 0.29) is 6.03 Å². The van der Waals surface area contributed by atoms with Crippen molar-refractivity contribution in [2.45, 2.75) is 31.5 Å². The highest BCUT2D eigenvalue weighted by Crippen LogP contribution is 2.37. The Morgan fingerprint density at radius 2 is 1.62 bits per heavy atom. The number of unbranched alkanes of at least 4 members (excludes halogenated alkanes) is 1. The van der Waals surface area contributed by atoms with Crippen LogP contribution < -0.4 is 20.1 Å². The summed E-state index contributed by atoms with van der Waals surface area (Å²) in [7, 11) is 3.34. The number of rotatable bonds is 12. The second kappa shape index (κ2) is 14.1. The molecular formula is C30H33BrN4O3S. The van der Waals surface area contributed by atoms with Gasteiger partial charge in [-0.05, 0) is 86.5 Å². The second-order valence-electron chi connectivity index (χ2n) is 8.74. The molecule has 0 saturated heterocycles. The number of benzene rings is 3. The van der Waals surface area contributed by atoms with Gasteiger partial charge < -0.3 is 24.7 Å². The Morgan fingerprint density at radius 1 is 0.949 bits per heavy atom. The van der Waals surface area contributed by atoms with E-state index in [9.17, 15) is 4.79 Å². The maximum Gasteiger partial charge on any atom is 0.319 e. The number of anilines is 1. The number of halogens is 1. The summed E-state index contributed by atoms with van der Waals surface area (Å²) in [6, 6.07) is 23.5. The van der Waals surface area contributed by atoms with Gasteiger partial charge in [0.1, 0.15) is 11.5 Å². The van der Waals surface area contributed by atoms with E-state index in [1.165, 1.54) is 0 Å². The first-order valence-corrected chi connectivity index (χ1v) is 14.6. The fourth-order valence-electron chi connectivity index (χ4n) is 4.16. The topological polar surface area (TPSA) is 77.4 Å². The van der Waals surface area contributed by atoms with Crippen LogP contribution >= 0.6 is 27.7 Å². The number of urea groups is 1. The summed E-state index contributed by atoms with van der Waals surface area (Å²) >= 11 is 5.16. The van der Waals surface area contributed by atoms with Gasteiger partial charge >= 0.3 is 6.03 Å². The fourth-order valence-corrected chi connectivity index (χ4v) is 5.62. The number of aromatic nitrogens is 2. The van der Waals surface area contributed by atoms with E-state index in [4.69, 9.17) is 14.5 Å². The summed E-state index contributed by atoms with van der Waals surface area (Å²) in [5, 5.41) is 6.77. The number of nitrogens with one attached hydrogen (secondary N) is 2. The molecule has 0 atom stereocenters. The lowest BCUT2D eigenvalue weighted by atomic mass is 10.0. The average Bonchev–Trinajstić information content (AvgIpc) is 3.33. The zero-order chi connectivity index (χ0) is 27.6. The van der Waals surface area contributed by atoms with Crippen molar-refractivity contribution in [1.82, 2.24) is 14.9 Å². The van der Waals surface area contributed by atoms with Crippen LogP contribution in [0.15, 0.2) is 82.4 Å². The molecule has 0 saturated carbocycles. The third-order valence-corrected chi connectivity index (χ3v) is 7.70. The van der Waals surface area contributed by atoms with Crippen LogP contribution in [0.1, 0.15) is 19.8 Å². The molecule has 204 valence electrons. The number of hydrogen-bond acceptors (Lipinski definition) is 5. The van der Waals surface area contributed by atoms with E-state index < -0.39 is 0 Å². The van der Waals surface area contributed by atoms with Crippen LogP contribution in [-0.2, 0) is 6.54 Å². The quantitative estimate of drug-likeness (QED) is 0.127. The molecule has 3 aromatic carbocycles. The molecule has 0 unspecified atom stereocenters. The zero-order valence-electron chi connectivity index (χ0n) is 22.4. The van der Waals surface area contributed by atoms with Crippen LogP contribution in [0.2, 0.25) is 0 Å². The number of imidazole rings is 1. The van der Waals surface area contributed by atoms with Crippen LogP contribution in [0, 0.1) is 0 Å². The first-order valence-electron chi connectivity index (χ1n) is 12.8. The molecule has 0 aliphatic rings. The Kier molecular flexibility index (Phi) is 10.3. The zero-order valence-corrected chi connectivity index (χ0v) is 24.8. The molecule has 39 heavy (non-hydrogen) atoms. The highest BCUT2D eigenvalue weighted by Gasteiger charge is 2.20. The predicted molar refractivity (Wildman–Crippen MR) is 163 cm³/mol. The van der Waals surface area contributed by atoms with E-state index in [1.807, 2.05) is 60.7 Å². The largest absolute Gasteiger partial charge is 0.497 e. The van der Waals surface area contributed by atoms with Gasteiger partial charge in [-0.2, -0.15) is 0 Å². The Labute approximate surface area is 242 Å². The summed E-state index contributed by atoms with van der Waals surface area (Å²) in [6.07, 6.45) is 1.83. The summed E-state index contributed by atoms with van der Waals surface area (Å²) in [4.78, 5) is 17.3. The smallest absolute Gasteiger partial charge is 0.319 e. The molecule has 1 heterocycles. The molecule has 0 spiro atoms. The summed E-state index contributed by atoms with van der Waals surface area (Å²) in [6.45, 7) is 3.55. The minimum atomic E-state index is -0.199. The molecular weight excluding hydrogens is 576 g/mol. The number of carbonyl (C=O) groups excluding carboxylic acids is 1. The number of nitrogens with zero attached hydrogens (tertiary/aromatic N) is 2. The van der Waals surface area contributed by atoms with E-state index in [2.05, 4.69) is 50.2 Å². The molecule has 7 nitrogen and oxygen atoms in total. The normalized spacial score (nSPS) is 10.8. The van der Waals surface area contributed by atoms with Crippen molar-refractivity contribution in [2.75, 3.05) is 31.8 Å². The monoisotopic (exact) mass is 608 g/mol. The molecule has 0 aliphatic carbocycles. The van der Waals surface area contributed by atoms with Crippen molar-refractivity contribution < 1.29 is 14.3 Å². The Hall–Kier alpha value is -3.43. The van der Waals surface area contributed by atoms with Gasteiger partial charge in [-0.1, -0.05) is 33.8 Å². The molecule has 0 fully saturated rings. The SMILES string of the molecule is CCn1c(SCCCCNC(=O)Nc2cccc(Br)c2)nc(-c2ccc(OC)cc2)c1-c1ccc(OC)cc1. The van der Waals surface area contributed by atoms with Gasteiger partial charge in [-0.15, -0.1) is 0 Å². The van der Waals surface area contributed by atoms with E-state index in [0.717, 1.165) is 74.5 Å². The van der Waals surface area contributed by atoms with Gasteiger partial charge in [0.2, 0.25) is 0 Å². The van der Waals surface area contributed by atoms with Gasteiger partial charge in [-0.25, -0.2) is 9.78 Å². The Bertz CT molecular complexity index is 1370. The highest BCUT2D eigenvalue weighted by atomic mass is 79.9. The molecule has 9 heteroatoms. The Morgan fingerprint density at radius 3 is 2.23 bits per heavy atom. The van der Waals surface area contributed by atoms with Crippen molar-refractivity contribution in [3.8, 4) is 34.0 Å². The molecule has 0 bridgehead atoms. The van der Waals surface area contributed by atoms with Crippen molar-refractivity contribution in [3.05, 3.63) is 77.3 Å². The van der Waals surface area contributed by atoms with Crippen LogP contribution in [-0.4, -0.2) is 42.1 Å². The lowest BCUT2D eigenvalue weighted by molar-refractivity contribution is 0.252. The molecule has 0 radical (unpaired) electrons. The standard InChI is InChI=1S/C30H33BrN4O3S/c1-4-35-28(22-12-16-26(38-3)17-13-22)27(21-10-14-25(37-2)15-11-21)34-30(35)39-19-6-5-18-32-29(36)33-24-9-7-8-23(31)20-24/h7-17,20H,4-6,18-19H2,1-3H3,(H2,32,33,36). The minimum Gasteiger partial charge on any atom is -0.497 e. The van der Waals surface area contributed by atoms with E-state index in [1.54, 1.807) is 26.0 Å². The number of amides is 2. The van der Waals surface area contributed by atoms with Crippen LogP contribution in [0.25, 0.3) is 22.5 Å². The molecule has 1 aromatic heterocycles. The predicted octanol–water partition coefficient (Wildman–Crippen LogP) is 7.71. The third kappa shape index (κ3) is 7.58.